The molecule has 0 radical (unpaired) electrons. The number of H-pyrrole nitrogens is 1. The summed E-state index contributed by atoms with van der Waals surface area (Å²) in [5.74, 6) is 0. The molecule has 2 aromatic rings. The number of aromatic nitrogens is 2. The molecule has 24 heavy (non-hydrogen) atoms. The quantitative estimate of drug-likeness (QED) is 0.715. The van der Waals surface area contributed by atoms with Gasteiger partial charge < -0.3 is 15.4 Å². The molecule has 1 fully saturated rings. The monoisotopic (exact) mass is 415 g/mol. The van der Waals surface area contributed by atoms with Gasteiger partial charge in [0.1, 0.15) is 0 Å². The lowest BCUT2D eigenvalue weighted by Crippen LogP contribution is -2.44. The molecule has 0 bridgehead atoms. The highest BCUT2D eigenvalue weighted by molar-refractivity contribution is 6.42. The number of halogens is 4. The van der Waals surface area contributed by atoms with Gasteiger partial charge >= 0.3 is 5.69 Å². The second-order valence-electron chi connectivity index (χ2n) is 5.78. The van der Waals surface area contributed by atoms with Crippen molar-refractivity contribution < 1.29 is 5.11 Å². The molecule has 0 unspecified atom stereocenters. The van der Waals surface area contributed by atoms with Crippen molar-refractivity contribution in [3.63, 3.8) is 0 Å². The van der Waals surface area contributed by atoms with Crippen molar-refractivity contribution in [1.29, 1.82) is 0 Å². The highest BCUT2D eigenvalue weighted by atomic mass is 35.5. The van der Waals surface area contributed by atoms with Gasteiger partial charge in [0.2, 0.25) is 0 Å². The maximum absolute atomic E-state index is 12.1. The van der Waals surface area contributed by atoms with Gasteiger partial charge in [0.05, 0.1) is 27.2 Å². The van der Waals surface area contributed by atoms with Crippen LogP contribution in [0.5, 0.6) is 0 Å². The van der Waals surface area contributed by atoms with E-state index in [9.17, 15) is 9.90 Å². The molecule has 2 atom stereocenters. The minimum atomic E-state index is -0.290. The Morgan fingerprint density at radius 1 is 1.25 bits per heavy atom. The van der Waals surface area contributed by atoms with Crippen LogP contribution >= 0.6 is 48.0 Å². The van der Waals surface area contributed by atoms with Gasteiger partial charge in [-0.15, -0.1) is 24.8 Å². The maximum Gasteiger partial charge on any atom is 0.326 e. The first-order valence-electron chi connectivity index (χ1n) is 7.55. The average Bonchev–Trinajstić information content (AvgIpc) is 2.77. The van der Waals surface area contributed by atoms with E-state index < -0.39 is 0 Å². The Balaban J connectivity index is 0.00000144. The van der Waals surface area contributed by atoms with Crippen molar-refractivity contribution in [1.82, 2.24) is 14.9 Å². The van der Waals surface area contributed by atoms with Gasteiger partial charge in [-0.25, -0.2) is 4.79 Å². The summed E-state index contributed by atoms with van der Waals surface area (Å²) < 4.78 is 1.67. The number of hydrogen-bond donors (Lipinski definition) is 3. The van der Waals surface area contributed by atoms with Crippen molar-refractivity contribution in [2.24, 2.45) is 0 Å². The zero-order valence-electron chi connectivity index (χ0n) is 12.9. The summed E-state index contributed by atoms with van der Waals surface area (Å²) in [5.41, 5.74) is 1.29. The van der Waals surface area contributed by atoms with Crippen LogP contribution in [-0.2, 0) is 6.54 Å². The minimum absolute atomic E-state index is 0. The van der Waals surface area contributed by atoms with Crippen LogP contribution in [-0.4, -0.2) is 33.3 Å². The Labute approximate surface area is 162 Å². The van der Waals surface area contributed by atoms with Crippen molar-refractivity contribution in [2.45, 2.75) is 44.4 Å². The summed E-state index contributed by atoms with van der Waals surface area (Å²) >= 11 is 12.0. The predicted molar refractivity (Wildman–Crippen MR) is 103 cm³/mol. The van der Waals surface area contributed by atoms with Crippen LogP contribution in [0.2, 0.25) is 10.0 Å². The first kappa shape index (κ1) is 21.6. The largest absolute Gasteiger partial charge is 0.392 e. The third-order valence-electron chi connectivity index (χ3n) is 4.26. The molecule has 1 saturated heterocycles. The van der Waals surface area contributed by atoms with Crippen molar-refractivity contribution in [3.05, 3.63) is 32.7 Å². The number of fused-ring (bicyclic) bond motifs is 1. The van der Waals surface area contributed by atoms with Gasteiger partial charge in [-0.2, -0.15) is 0 Å². The predicted octanol–water partition coefficient (Wildman–Crippen LogP) is 3.37. The van der Waals surface area contributed by atoms with Gasteiger partial charge in [0.15, 0.2) is 0 Å². The smallest absolute Gasteiger partial charge is 0.326 e. The zero-order chi connectivity index (χ0) is 15.7. The Hall–Kier alpha value is -0.430. The van der Waals surface area contributed by atoms with Gasteiger partial charge in [-0.05, 0) is 44.4 Å². The Morgan fingerprint density at radius 2 is 1.96 bits per heavy atom. The molecule has 3 N–H and O–H groups in total. The average molecular weight is 417 g/mol. The molecule has 0 saturated carbocycles. The van der Waals surface area contributed by atoms with Crippen LogP contribution in [0.4, 0.5) is 0 Å². The molecule has 3 rings (SSSR count). The van der Waals surface area contributed by atoms with Crippen LogP contribution in [0, 0.1) is 0 Å². The molecule has 136 valence electrons. The number of nitrogens with one attached hydrogen (secondary N) is 2. The van der Waals surface area contributed by atoms with E-state index in [1.165, 1.54) is 0 Å². The summed E-state index contributed by atoms with van der Waals surface area (Å²) in [6.45, 7) is 1.53. The first-order valence-corrected chi connectivity index (χ1v) is 8.31. The number of benzene rings is 1. The number of aryl methyl sites for hydroxylation is 1. The standard InChI is InChI=1S/C15H19Cl2N3O2.2ClH/c16-9-7-12-13(8-10(9)17)20(15(22)19-12)6-2-3-11-14(21)4-1-5-18-11;;/h7-8,11,14,18,21H,1-6H2,(H,19,22);2*1H/t11-,14+;;/m1../s1. The van der Waals surface area contributed by atoms with E-state index >= 15 is 0 Å². The van der Waals surface area contributed by atoms with Crippen LogP contribution in [0.25, 0.3) is 11.0 Å². The van der Waals surface area contributed by atoms with E-state index in [-0.39, 0.29) is 42.6 Å². The fourth-order valence-electron chi connectivity index (χ4n) is 3.07. The highest BCUT2D eigenvalue weighted by Crippen LogP contribution is 2.26. The molecular weight excluding hydrogens is 396 g/mol. The van der Waals surface area contributed by atoms with E-state index in [2.05, 4.69) is 10.3 Å². The highest BCUT2D eigenvalue weighted by Gasteiger charge is 2.22. The van der Waals surface area contributed by atoms with E-state index in [1.807, 2.05) is 0 Å². The van der Waals surface area contributed by atoms with Crippen LogP contribution < -0.4 is 11.0 Å². The summed E-state index contributed by atoms with van der Waals surface area (Å²) in [6.07, 6.45) is 3.21. The van der Waals surface area contributed by atoms with Gasteiger partial charge in [-0.3, -0.25) is 4.57 Å². The minimum Gasteiger partial charge on any atom is -0.392 e. The van der Waals surface area contributed by atoms with E-state index in [0.29, 0.717) is 22.1 Å². The lowest BCUT2D eigenvalue weighted by molar-refractivity contribution is 0.0909. The molecule has 9 heteroatoms. The lowest BCUT2D eigenvalue weighted by Gasteiger charge is -2.28. The second kappa shape index (κ2) is 9.32. The number of rotatable bonds is 4. The molecule has 1 aromatic carbocycles. The second-order valence-corrected chi connectivity index (χ2v) is 6.59. The first-order chi connectivity index (χ1) is 10.6. The molecule has 2 heterocycles. The van der Waals surface area contributed by atoms with Gasteiger partial charge in [0.25, 0.3) is 0 Å². The Bertz CT molecular complexity index is 731. The normalized spacial score (nSPS) is 20.5. The third-order valence-corrected chi connectivity index (χ3v) is 4.98. The van der Waals surface area contributed by atoms with Gasteiger partial charge in [0, 0.05) is 12.6 Å². The van der Waals surface area contributed by atoms with Crippen molar-refractivity contribution in [3.8, 4) is 0 Å². The zero-order valence-corrected chi connectivity index (χ0v) is 16.1. The van der Waals surface area contributed by atoms with Crippen LogP contribution in [0.1, 0.15) is 25.7 Å². The lowest BCUT2D eigenvalue weighted by atomic mass is 9.97. The topological polar surface area (TPSA) is 70.0 Å². The van der Waals surface area contributed by atoms with Crippen molar-refractivity contribution >= 4 is 59.0 Å². The molecule has 5 nitrogen and oxygen atoms in total. The van der Waals surface area contributed by atoms with Crippen LogP contribution in [0.15, 0.2) is 16.9 Å². The van der Waals surface area contributed by atoms with Crippen LogP contribution in [0.3, 0.4) is 0 Å². The summed E-state index contributed by atoms with van der Waals surface area (Å²) in [4.78, 5) is 14.9. The fourth-order valence-corrected chi connectivity index (χ4v) is 3.40. The molecule has 0 amide bonds. The summed E-state index contributed by atoms with van der Waals surface area (Å²) in [7, 11) is 0. The molecule has 1 aromatic heterocycles. The van der Waals surface area contributed by atoms with E-state index in [0.717, 1.165) is 37.7 Å². The maximum atomic E-state index is 12.1. The fraction of sp³-hybridized carbons (Fsp3) is 0.533. The SMILES string of the molecule is Cl.Cl.O=c1[nH]c2cc(Cl)c(Cl)cc2n1CCC[C@H]1NCCC[C@@H]1O. The third kappa shape index (κ3) is 4.59. The number of aromatic amines is 1. The number of imidazole rings is 1. The molecular formula is C15H21Cl4N3O2. The van der Waals surface area contributed by atoms with Crippen molar-refractivity contribution in [2.75, 3.05) is 6.54 Å². The number of hydrogen-bond acceptors (Lipinski definition) is 3. The summed E-state index contributed by atoms with van der Waals surface area (Å²) in [6, 6.07) is 3.50. The molecule has 1 aliphatic rings. The molecule has 0 spiro atoms. The molecule has 1 aliphatic heterocycles. The number of aliphatic hydroxyl groups excluding tert-OH is 1. The van der Waals surface area contributed by atoms with E-state index in [4.69, 9.17) is 23.2 Å². The number of nitrogens with zero attached hydrogens (tertiary/aromatic N) is 1. The Morgan fingerprint density at radius 3 is 2.67 bits per heavy atom. The number of aliphatic hydroxyl groups is 1. The van der Waals surface area contributed by atoms with Gasteiger partial charge in [-0.1, -0.05) is 23.2 Å². The Kier molecular flexibility index (Phi) is 8.39. The molecule has 0 aliphatic carbocycles. The summed E-state index contributed by atoms with van der Waals surface area (Å²) in [5, 5.41) is 14.1. The van der Waals surface area contributed by atoms with E-state index in [1.54, 1.807) is 16.7 Å². The number of piperidine rings is 1.